The Labute approximate surface area is 126 Å². The molecule has 0 heterocycles. The molecule has 0 spiro atoms. The maximum Gasteiger partial charge on any atom is 0.416 e. The largest absolute Gasteiger partial charge is 0.416 e. The quantitative estimate of drug-likeness (QED) is 0.828. The summed E-state index contributed by atoms with van der Waals surface area (Å²) in [5.41, 5.74) is -0.524. The molecule has 7 heteroatoms. The Morgan fingerprint density at radius 1 is 1.29 bits per heavy atom. The first kappa shape index (κ1) is 17.6. The fourth-order valence-electron chi connectivity index (χ4n) is 1.78. The van der Waals surface area contributed by atoms with E-state index in [9.17, 15) is 18.0 Å². The van der Waals surface area contributed by atoms with Crippen LogP contribution >= 0.6 is 11.6 Å². The molecule has 1 rings (SSSR count). The molecule has 1 aromatic carbocycles. The zero-order chi connectivity index (χ0) is 16.0. The molecule has 0 bridgehead atoms. The molecule has 0 aliphatic carbocycles. The Balaban J connectivity index is 2.62. The molecule has 0 atom stereocenters. The zero-order valence-electron chi connectivity index (χ0n) is 11.9. The van der Waals surface area contributed by atoms with Gasteiger partial charge in [0.2, 0.25) is 5.91 Å². The van der Waals surface area contributed by atoms with E-state index in [0.717, 1.165) is 25.0 Å². The summed E-state index contributed by atoms with van der Waals surface area (Å²) >= 11 is 5.78. The van der Waals surface area contributed by atoms with Crippen molar-refractivity contribution in [3.05, 3.63) is 28.8 Å². The van der Waals surface area contributed by atoms with Crippen LogP contribution in [-0.2, 0) is 11.0 Å². The second-order valence-corrected chi connectivity index (χ2v) is 5.03. The van der Waals surface area contributed by atoms with Crippen LogP contribution < -0.4 is 10.6 Å². The molecule has 21 heavy (non-hydrogen) atoms. The summed E-state index contributed by atoms with van der Waals surface area (Å²) < 4.78 is 37.5. The van der Waals surface area contributed by atoms with Crippen LogP contribution in [0.2, 0.25) is 5.02 Å². The summed E-state index contributed by atoms with van der Waals surface area (Å²) in [5, 5.41) is 5.48. The number of hydrogen-bond donors (Lipinski definition) is 2. The predicted octanol–water partition coefficient (Wildman–Crippen LogP) is 4.08. The molecule has 0 unspecified atom stereocenters. The molecular weight excluding hydrogens is 305 g/mol. The SMILES string of the molecule is CCC(CC)NC(=O)CNc1ccc(C(F)(F)F)cc1Cl. The molecule has 0 fully saturated rings. The Morgan fingerprint density at radius 2 is 1.90 bits per heavy atom. The third kappa shape index (κ3) is 5.46. The van der Waals surface area contributed by atoms with Crippen molar-refractivity contribution in [2.45, 2.75) is 38.9 Å². The lowest BCUT2D eigenvalue weighted by atomic mass is 10.2. The van der Waals surface area contributed by atoms with Crippen molar-refractivity contribution in [2.24, 2.45) is 0 Å². The third-order valence-corrected chi connectivity index (χ3v) is 3.40. The van der Waals surface area contributed by atoms with Gasteiger partial charge in [-0.2, -0.15) is 13.2 Å². The maximum absolute atomic E-state index is 12.5. The first-order valence-corrected chi connectivity index (χ1v) is 7.05. The van der Waals surface area contributed by atoms with Crippen LogP contribution in [0.4, 0.5) is 18.9 Å². The van der Waals surface area contributed by atoms with E-state index >= 15 is 0 Å². The molecule has 0 saturated carbocycles. The van der Waals surface area contributed by atoms with E-state index in [-0.39, 0.29) is 23.5 Å². The number of alkyl halides is 3. The highest BCUT2D eigenvalue weighted by Crippen LogP contribution is 2.33. The van der Waals surface area contributed by atoms with Gasteiger partial charge in [0.1, 0.15) is 0 Å². The van der Waals surface area contributed by atoms with E-state index in [2.05, 4.69) is 10.6 Å². The molecule has 2 N–H and O–H groups in total. The molecular formula is C14H18ClF3N2O. The van der Waals surface area contributed by atoms with Crippen LogP contribution in [0.15, 0.2) is 18.2 Å². The molecule has 1 aromatic rings. The fraction of sp³-hybridized carbons (Fsp3) is 0.500. The van der Waals surface area contributed by atoms with Crippen molar-refractivity contribution in [1.82, 2.24) is 5.32 Å². The molecule has 118 valence electrons. The minimum Gasteiger partial charge on any atom is -0.375 e. The zero-order valence-corrected chi connectivity index (χ0v) is 12.6. The fourth-order valence-corrected chi connectivity index (χ4v) is 2.03. The van der Waals surface area contributed by atoms with Crippen molar-refractivity contribution in [3.63, 3.8) is 0 Å². The van der Waals surface area contributed by atoms with Crippen molar-refractivity contribution in [2.75, 3.05) is 11.9 Å². The van der Waals surface area contributed by atoms with Crippen molar-refractivity contribution in [1.29, 1.82) is 0 Å². The van der Waals surface area contributed by atoms with Crippen LogP contribution in [0.25, 0.3) is 0 Å². The standard InChI is InChI=1S/C14H18ClF3N2O/c1-3-10(4-2)20-13(21)8-19-12-6-5-9(7-11(12)15)14(16,17)18/h5-7,10,19H,3-4,8H2,1-2H3,(H,20,21). The van der Waals surface area contributed by atoms with Gasteiger partial charge >= 0.3 is 6.18 Å². The number of carbonyl (C=O) groups is 1. The second kappa shape index (κ2) is 7.54. The topological polar surface area (TPSA) is 41.1 Å². The van der Waals surface area contributed by atoms with Gasteiger partial charge < -0.3 is 10.6 Å². The van der Waals surface area contributed by atoms with Gasteiger partial charge in [-0.15, -0.1) is 0 Å². The number of amides is 1. The number of halogens is 4. The lowest BCUT2D eigenvalue weighted by Crippen LogP contribution is -2.37. The lowest BCUT2D eigenvalue weighted by Gasteiger charge is -2.16. The molecule has 0 aromatic heterocycles. The number of nitrogens with one attached hydrogen (secondary N) is 2. The molecule has 0 radical (unpaired) electrons. The summed E-state index contributed by atoms with van der Waals surface area (Å²) in [6.45, 7) is 3.89. The first-order chi connectivity index (χ1) is 9.77. The molecule has 3 nitrogen and oxygen atoms in total. The summed E-state index contributed by atoms with van der Waals surface area (Å²) in [6.07, 6.45) is -2.79. The van der Waals surface area contributed by atoms with E-state index in [1.807, 2.05) is 13.8 Å². The highest BCUT2D eigenvalue weighted by molar-refractivity contribution is 6.33. The summed E-state index contributed by atoms with van der Waals surface area (Å²) in [5.74, 6) is -0.223. The van der Waals surface area contributed by atoms with Gasteiger partial charge in [-0.25, -0.2) is 0 Å². The third-order valence-electron chi connectivity index (χ3n) is 3.09. The normalized spacial score (nSPS) is 11.6. The Hall–Kier alpha value is -1.43. The first-order valence-electron chi connectivity index (χ1n) is 6.67. The van der Waals surface area contributed by atoms with Crippen molar-refractivity contribution in [3.8, 4) is 0 Å². The van der Waals surface area contributed by atoms with E-state index in [0.29, 0.717) is 5.69 Å². The maximum atomic E-state index is 12.5. The highest BCUT2D eigenvalue weighted by atomic mass is 35.5. The minimum atomic E-state index is -4.44. The Kier molecular flexibility index (Phi) is 6.33. The molecule has 0 aliphatic heterocycles. The van der Waals surface area contributed by atoms with Gasteiger partial charge in [0.05, 0.1) is 22.8 Å². The smallest absolute Gasteiger partial charge is 0.375 e. The minimum absolute atomic E-state index is 0.0401. The highest BCUT2D eigenvalue weighted by Gasteiger charge is 2.30. The number of hydrogen-bond acceptors (Lipinski definition) is 2. The predicted molar refractivity (Wildman–Crippen MR) is 77.5 cm³/mol. The van der Waals surface area contributed by atoms with Crippen LogP contribution in [0.3, 0.4) is 0 Å². The van der Waals surface area contributed by atoms with Gasteiger partial charge in [-0.3, -0.25) is 4.79 Å². The number of rotatable bonds is 6. The molecule has 0 saturated heterocycles. The van der Waals surface area contributed by atoms with E-state index in [1.54, 1.807) is 0 Å². The van der Waals surface area contributed by atoms with Gasteiger partial charge in [0, 0.05) is 6.04 Å². The van der Waals surface area contributed by atoms with E-state index in [1.165, 1.54) is 6.07 Å². The van der Waals surface area contributed by atoms with Crippen molar-refractivity contribution >= 4 is 23.2 Å². The number of carbonyl (C=O) groups excluding carboxylic acids is 1. The average Bonchev–Trinajstić information content (AvgIpc) is 2.42. The summed E-state index contributed by atoms with van der Waals surface area (Å²) in [6, 6.07) is 3.08. The summed E-state index contributed by atoms with van der Waals surface area (Å²) in [4.78, 5) is 11.7. The second-order valence-electron chi connectivity index (χ2n) is 4.63. The van der Waals surface area contributed by atoms with E-state index in [4.69, 9.17) is 11.6 Å². The van der Waals surface area contributed by atoms with Gasteiger partial charge in [-0.05, 0) is 31.0 Å². The van der Waals surface area contributed by atoms with Gasteiger partial charge in [-0.1, -0.05) is 25.4 Å². The van der Waals surface area contributed by atoms with Crippen LogP contribution in [-0.4, -0.2) is 18.5 Å². The monoisotopic (exact) mass is 322 g/mol. The lowest BCUT2D eigenvalue weighted by molar-refractivity contribution is -0.137. The average molecular weight is 323 g/mol. The number of anilines is 1. The van der Waals surface area contributed by atoms with E-state index < -0.39 is 11.7 Å². The Morgan fingerprint density at radius 3 is 2.38 bits per heavy atom. The van der Waals surface area contributed by atoms with Crippen molar-refractivity contribution < 1.29 is 18.0 Å². The van der Waals surface area contributed by atoms with Crippen LogP contribution in [0, 0.1) is 0 Å². The molecule has 0 aliphatic rings. The van der Waals surface area contributed by atoms with Crippen LogP contribution in [0.1, 0.15) is 32.3 Å². The van der Waals surface area contributed by atoms with Gasteiger partial charge in [0.25, 0.3) is 0 Å². The number of benzene rings is 1. The van der Waals surface area contributed by atoms with Crippen LogP contribution in [0.5, 0.6) is 0 Å². The van der Waals surface area contributed by atoms with Gasteiger partial charge in [0.15, 0.2) is 0 Å². The summed E-state index contributed by atoms with van der Waals surface area (Å²) in [7, 11) is 0. The molecule has 1 amide bonds. The Bertz CT molecular complexity index is 488.